The Morgan fingerprint density at radius 2 is 1.66 bits per heavy atom. The number of nitrogens with zero attached hydrogens (tertiary/aromatic N) is 1. The molecule has 5 nitrogen and oxygen atoms in total. The molecule has 0 bridgehead atoms. The maximum absolute atomic E-state index is 13.1. The van der Waals surface area contributed by atoms with Crippen molar-refractivity contribution in [1.29, 1.82) is 0 Å². The zero-order chi connectivity index (χ0) is 22.4. The van der Waals surface area contributed by atoms with Crippen LogP contribution in [0.4, 0.5) is 23.7 Å². The topological polar surface area (TPSA) is 61.3 Å². The fraction of sp³-hybridized carbons (Fsp3) is 0.619. The van der Waals surface area contributed by atoms with E-state index in [1.54, 1.807) is 4.90 Å². The number of anilines is 1. The van der Waals surface area contributed by atoms with Crippen LogP contribution in [0.2, 0.25) is 0 Å². The Balaban J connectivity index is 2.91. The van der Waals surface area contributed by atoms with Crippen molar-refractivity contribution in [3.8, 4) is 0 Å². The van der Waals surface area contributed by atoms with Crippen LogP contribution in [0.3, 0.4) is 0 Å². The molecule has 1 aromatic carbocycles. The summed E-state index contributed by atoms with van der Waals surface area (Å²) in [5.41, 5.74) is -1.10. The quantitative estimate of drug-likeness (QED) is 0.594. The summed E-state index contributed by atoms with van der Waals surface area (Å²) in [7, 11) is 0. The molecule has 0 aliphatic heterocycles. The predicted molar refractivity (Wildman–Crippen MR) is 107 cm³/mol. The van der Waals surface area contributed by atoms with Crippen molar-refractivity contribution in [1.82, 2.24) is 4.90 Å². The van der Waals surface area contributed by atoms with Crippen molar-refractivity contribution in [2.45, 2.75) is 72.2 Å². The van der Waals surface area contributed by atoms with E-state index in [0.717, 1.165) is 30.7 Å². The summed E-state index contributed by atoms with van der Waals surface area (Å²) >= 11 is 0. The highest BCUT2D eigenvalue weighted by atomic mass is 19.4. The summed E-state index contributed by atoms with van der Waals surface area (Å²) in [6.07, 6.45) is -5.21. The fourth-order valence-electron chi connectivity index (χ4n) is 2.82. The molecular formula is C21H31F3N2O3+. The molecule has 8 heteroatoms. The van der Waals surface area contributed by atoms with Crippen molar-refractivity contribution in [2.75, 3.05) is 11.9 Å². The molecule has 1 rings (SSSR count). The molecule has 2 amide bonds. The summed E-state index contributed by atoms with van der Waals surface area (Å²) < 4.78 is 43.3. The minimum absolute atomic E-state index is 0.103. The van der Waals surface area contributed by atoms with Crippen LogP contribution in [0.1, 0.15) is 59.9 Å². The van der Waals surface area contributed by atoms with Gasteiger partial charge in [-0.1, -0.05) is 25.7 Å². The SMILES string of the molecule is CCC[N+](C(=O)[C@H](CC(C)C)OC(=O)Nc1ccc(C(F)(F)F)cc1)C(C)(C)C. The van der Waals surface area contributed by atoms with E-state index in [0.29, 0.717) is 13.0 Å². The standard InChI is InChI=1S/C21H31F3N2O3/c1-7-12-26(20(4,5)6)18(27)17(13-14(2)3)29-19(28)25-16-10-8-15(9-11-16)21(22,23)24/h8-11,14,17H,7,12-13H2,1-6H3,(H,25,28)/q+1/t17-/m0/s1. The average molecular weight is 416 g/mol. The van der Waals surface area contributed by atoms with E-state index in [2.05, 4.69) is 5.32 Å². The average Bonchev–Trinajstić information content (AvgIpc) is 2.56. The van der Waals surface area contributed by atoms with E-state index >= 15 is 0 Å². The molecule has 1 radical (unpaired) electrons. The number of hydrogen-bond donors (Lipinski definition) is 1. The van der Waals surface area contributed by atoms with Gasteiger partial charge in [0, 0.05) is 12.1 Å². The number of alkyl halides is 3. The largest absolute Gasteiger partial charge is 0.431 e. The maximum atomic E-state index is 13.1. The van der Waals surface area contributed by atoms with Gasteiger partial charge in [-0.05, 0) is 57.4 Å². The van der Waals surface area contributed by atoms with Crippen molar-refractivity contribution in [2.24, 2.45) is 5.92 Å². The first-order valence-corrected chi connectivity index (χ1v) is 9.72. The molecule has 29 heavy (non-hydrogen) atoms. The molecule has 0 aromatic heterocycles. The van der Waals surface area contributed by atoms with Gasteiger partial charge in [-0.2, -0.15) is 13.2 Å². The lowest BCUT2D eigenvalue weighted by Crippen LogP contribution is -2.56. The van der Waals surface area contributed by atoms with Gasteiger partial charge in [-0.15, -0.1) is 0 Å². The fourth-order valence-corrected chi connectivity index (χ4v) is 2.82. The van der Waals surface area contributed by atoms with E-state index in [-0.39, 0.29) is 17.5 Å². The lowest BCUT2D eigenvalue weighted by Gasteiger charge is -2.26. The molecule has 0 aliphatic rings. The number of amides is 2. The van der Waals surface area contributed by atoms with Gasteiger partial charge in [0.15, 0.2) is 0 Å². The molecule has 163 valence electrons. The highest BCUT2D eigenvalue weighted by Crippen LogP contribution is 2.29. The molecule has 0 heterocycles. The Bertz CT molecular complexity index is 680. The minimum Gasteiger partial charge on any atom is -0.431 e. The third kappa shape index (κ3) is 8.04. The Morgan fingerprint density at radius 1 is 1.10 bits per heavy atom. The molecule has 0 aliphatic carbocycles. The second kappa shape index (κ2) is 10.1. The monoisotopic (exact) mass is 416 g/mol. The number of halogens is 3. The zero-order valence-corrected chi connectivity index (χ0v) is 17.9. The van der Waals surface area contributed by atoms with Gasteiger partial charge < -0.3 is 4.74 Å². The molecule has 0 saturated heterocycles. The highest BCUT2D eigenvalue weighted by molar-refractivity contribution is 5.90. The van der Waals surface area contributed by atoms with E-state index in [1.807, 2.05) is 41.5 Å². The molecule has 0 saturated carbocycles. The Labute approximate surface area is 170 Å². The van der Waals surface area contributed by atoms with Crippen molar-refractivity contribution >= 4 is 17.7 Å². The highest BCUT2D eigenvalue weighted by Gasteiger charge is 2.44. The van der Waals surface area contributed by atoms with Crippen LogP contribution in [-0.2, 0) is 15.7 Å². The summed E-state index contributed by atoms with van der Waals surface area (Å²) in [6.45, 7) is 12.1. The van der Waals surface area contributed by atoms with Crippen LogP contribution in [0, 0.1) is 5.92 Å². The minimum atomic E-state index is -4.45. The van der Waals surface area contributed by atoms with E-state index in [4.69, 9.17) is 4.74 Å². The van der Waals surface area contributed by atoms with Gasteiger partial charge in [0.05, 0.1) is 5.56 Å². The Hall–Kier alpha value is -2.09. The van der Waals surface area contributed by atoms with Crippen LogP contribution in [0.25, 0.3) is 0 Å². The van der Waals surface area contributed by atoms with E-state index in [9.17, 15) is 22.8 Å². The first-order chi connectivity index (χ1) is 13.3. The third-order valence-corrected chi connectivity index (χ3v) is 4.19. The molecule has 0 unspecified atom stereocenters. The second-order valence-corrected chi connectivity index (χ2v) is 8.38. The molecule has 1 aromatic rings. The lowest BCUT2D eigenvalue weighted by atomic mass is 10.0. The lowest BCUT2D eigenvalue weighted by molar-refractivity contribution is -0.138. The smallest absolute Gasteiger partial charge is 0.416 e. The Kier molecular flexibility index (Phi) is 8.68. The van der Waals surface area contributed by atoms with Gasteiger partial charge in [0.25, 0.3) is 0 Å². The first kappa shape index (κ1) is 24.9. The zero-order valence-electron chi connectivity index (χ0n) is 17.9. The molecule has 1 N–H and O–H groups in total. The number of carbonyl (C=O) groups is 2. The van der Waals surface area contributed by atoms with Crippen LogP contribution >= 0.6 is 0 Å². The second-order valence-electron chi connectivity index (χ2n) is 8.38. The number of carbonyl (C=O) groups excluding carboxylic acids is 2. The van der Waals surface area contributed by atoms with Crippen LogP contribution in [-0.4, -0.2) is 30.2 Å². The van der Waals surface area contributed by atoms with Crippen LogP contribution in [0.15, 0.2) is 24.3 Å². The molecule has 0 spiro atoms. The van der Waals surface area contributed by atoms with Gasteiger partial charge in [0.2, 0.25) is 6.10 Å². The number of hydrogen-bond acceptors (Lipinski definition) is 3. The van der Waals surface area contributed by atoms with Gasteiger partial charge >= 0.3 is 18.2 Å². The van der Waals surface area contributed by atoms with Gasteiger partial charge in [-0.25, -0.2) is 9.59 Å². The normalized spacial score (nSPS) is 13.5. The summed E-state index contributed by atoms with van der Waals surface area (Å²) in [4.78, 5) is 27.0. The van der Waals surface area contributed by atoms with E-state index < -0.39 is 29.5 Å². The number of nitrogens with one attached hydrogen (secondary N) is 1. The predicted octanol–water partition coefficient (Wildman–Crippen LogP) is 5.54. The van der Waals surface area contributed by atoms with Gasteiger partial charge in [-0.3, -0.25) is 5.32 Å². The first-order valence-electron chi connectivity index (χ1n) is 9.72. The van der Waals surface area contributed by atoms with Crippen LogP contribution in [0.5, 0.6) is 0 Å². The number of rotatable bonds is 7. The van der Waals surface area contributed by atoms with Gasteiger partial charge in [0.1, 0.15) is 12.1 Å². The third-order valence-electron chi connectivity index (χ3n) is 4.19. The Morgan fingerprint density at radius 3 is 2.07 bits per heavy atom. The molecular weight excluding hydrogens is 385 g/mol. The van der Waals surface area contributed by atoms with Crippen molar-refractivity contribution in [3.05, 3.63) is 29.8 Å². The molecule has 1 atom stereocenters. The number of ether oxygens (including phenoxy) is 1. The van der Waals surface area contributed by atoms with Crippen molar-refractivity contribution in [3.63, 3.8) is 0 Å². The summed E-state index contributed by atoms with van der Waals surface area (Å²) in [6, 6.07) is 4.02. The van der Waals surface area contributed by atoms with Crippen molar-refractivity contribution < 1.29 is 27.5 Å². The van der Waals surface area contributed by atoms with Crippen LogP contribution < -0.4 is 10.2 Å². The maximum Gasteiger partial charge on any atom is 0.416 e. The van der Waals surface area contributed by atoms with E-state index in [1.165, 1.54) is 0 Å². The summed E-state index contributed by atoms with van der Waals surface area (Å²) in [5.74, 6) is -0.179. The summed E-state index contributed by atoms with van der Waals surface area (Å²) in [5, 5.41) is 2.39. The number of benzene rings is 1. The molecule has 0 fully saturated rings.